The molecular weight excluding hydrogens is 685 g/mol. The topological polar surface area (TPSA) is 155 Å². The van der Waals surface area contributed by atoms with E-state index in [1.807, 2.05) is 21.0 Å². The van der Waals surface area contributed by atoms with Crippen LogP contribution >= 0.6 is 22.9 Å². The Morgan fingerprint density at radius 2 is 1.92 bits per heavy atom. The summed E-state index contributed by atoms with van der Waals surface area (Å²) >= 11 is 8.34. The van der Waals surface area contributed by atoms with Crippen molar-refractivity contribution in [3.05, 3.63) is 51.4 Å². The van der Waals surface area contributed by atoms with Crippen LogP contribution in [0, 0.1) is 17.1 Å². The summed E-state index contributed by atoms with van der Waals surface area (Å²) in [6.07, 6.45) is -0.134. The Morgan fingerprint density at radius 3 is 2.60 bits per heavy atom. The number of nitriles is 1. The van der Waals surface area contributed by atoms with Gasteiger partial charge in [0.1, 0.15) is 28.3 Å². The summed E-state index contributed by atoms with van der Waals surface area (Å²) in [5, 5.41) is 26.1. The largest absolute Gasteiger partial charge is 0.444 e. The molecule has 13 nitrogen and oxygen atoms in total. The van der Waals surface area contributed by atoms with Gasteiger partial charge in [-0.3, -0.25) is 5.32 Å². The van der Waals surface area contributed by atoms with Gasteiger partial charge in [0.05, 0.1) is 45.9 Å². The van der Waals surface area contributed by atoms with Crippen LogP contribution in [-0.4, -0.2) is 70.0 Å². The highest BCUT2D eigenvalue weighted by molar-refractivity contribution is 7.23. The molecule has 0 unspecified atom stereocenters. The van der Waals surface area contributed by atoms with Crippen LogP contribution in [0.4, 0.5) is 26.0 Å². The summed E-state index contributed by atoms with van der Waals surface area (Å²) in [6, 6.07) is 5.47. The molecule has 0 atom stereocenters. The second kappa shape index (κ2) is 12.9. The number of amides is 1. The SMILES string of the molecule is CCc1nnc(CNc2nc(N3CC(N(C)C)C3)nc3c(Cl)c(-c4ccc(F)c5sc(NC(=O)OC(C)(C)C)c(C#N)c45)c4c(c23)COC4)o1. The van der Waals surface area contributed by atoms with Gasteiger partial charge in [-0.1, -0.05) is 24.6 Å². The van der Waals surface area contributed by atoms with E-state index in [0.29, 0.717) is 68.4 Å². The molecule has 0 spiro atoms. The van der Waals surface area contributed by atoms with E-state index < -0.39 is 17.5 Å². The zero-order valence-corrected chi connectivity index (χ0v) is 30.0. The van der Waals surface area contributed by atoms with Gasteiger partial charge in [-0.25, -0.2) is 14.2 Å². The second-order valence-corrected chi connectivity index (χ2v) is 14.8. The molecule has 1 saturated heterocycles. The summed E-state index contributed by atoms with van der Waals surface area (Å²) in [5.41, 5.74) is 2.49. The normalized spacial score (nSPS) is 14.7. The lowest BCUT2D eigenvalue weighted by molar-refractivity contribution is 0.0636. The number of hydrogen-bond donors (Lipinski definition) is 2. The van der Waals surface area contributed by atoms with Gasteiger partial charge in [0, 0.05) is 36.5 Å². The number of hydrogen-bond acceptors (Lipinski definition) is 13. The third-order valence-electron chi connectivity index (χ3n) is 8.67. The number of ether oxygens (including phenoxy) is 2. The first-order valence-corrected chi connectivity index (χ1v) is 17.3. The van der Waals surface area contributed by atoms with Crippen molar-refractivity contribution in [1.29, 1.82) is 5.26 Å². The highest BCUT2D eigenvalue weighted by Crippen LogP contribution is 2.50. The molecule has 1 fully saturated rings. The highest BCUT2D eigenvalue weighted by atomic mass is 35.5. The molecule has 1 amide bonds. The van der Waals surface area contributed by atoms with Gasteiger partial charge < -0.3 is 29.0 Å². The van der Waals surface area contributed by atoms with E-state index in [-0.39, 0.29) is 35.0 Å². The van der Waals surface area contributed by atoms with Crippen molar-refractivity contribution in [2.45, 2.75) is 65.5 Å². The first kappa shape index (κ1) is 33.9. The molecule has 2 aliphatic heterocycles. The van der Waals surface area contributed by atoms with Crippen molar-refractivity contribution < 1.29 is 23.1 Å². The molecule has 0 bridgehead atoms. The molecule has 3 aromatic heterocycles. The quantitative estimate of drug-likeness (QED) is 0.172. The van der Waals surface area contributed by atoms with Crippen molar-refractivity contribution in [3.8, 4) is 17.2 Å². The number of carbonyl (C=O) groups excluding carboxylic acids is 1. The minimum absolute atomic E-state index is 0.0984. The fourth-order valence-corrected chi connectivity index (χ4v) is 7.57. The Hall–Kier alpha value is -4.62. The first-order chi connectivity index (χ1) is 23.9. The Bertz CT molecular complexity index is 2200. The third-order valence-corrected chi connectivity index (χ3v) is 10.1. The maximum Gasteiger partial charge on any atom is 0.412 e. The lowest BCUT2D eigenvalue weighted by Crippen LogP contribution is -2.58. The van der Waals surface area contributed by atoms with Crippen LogP contribution in [-0.2, 0) is 35.7 Å². The smallest absolute Gasteiger partial charge is 0.412 e. The number of nitrogens with one attached hydrogen (secondary N) is 2. The van der Waals surface area contributed by atoms with E-state index >= 15 is 4.39 Å². The maximum atomic E-state index is 15.5. The Labute approximate surface area is 296 Å². The van der Waals surface area contributed by atoms with Crippen LogP contribution in [0.15, 0.2) is 16.5 Å². The minimum Gasteiger partial charge on any atom is -0.444 e. The fraction of sp³-hybridized carbons (Fsp3) is 0.412. The number of rotatable bonds is 8. The van der Waals surface area contributed by atoms with E-state index in [4.69, 9.17) is 35.5 Å². The number of anilines is 3. The van der Waals surface area contributed by atoms with Gasteiger partial charge in [0.25, 0.3) is 0 Å². The standard InChI is InChI=1S/C34H35ClFN9O4S/c1-7-22-42-43-23(48-22)11-38-30-26-20-15-47-14-19(20)24(27(35)28(26)39-32(40-30)45-12-16(13-45)44(5)6)17-8-9-21(36)29-25(17)18(10-37)31(50-29)41-33(46)49-34(2,3)4/h8-9,16H,7,11-15H2,1-6H3,(H,41,46)(H,38,39,40). The summed E-state index contributed by atoms with van der Waals surface area (Å²) in [7, 11) is 4.07. The Kier molecular flexibility index (Phi) is 8.75. The van der Waals surface area contributed by atoms with Crippen molar-refractivity contribution in [1.82, 2.24) is 25.1 Å². The average molecular weight is 720 g/mol. The van der Waals surface area contributed by atoms with E-state index in [9.17, 15) is 10.1 Å². The first-order valence-electron chi connectivity index (χ1n) is 16.1. The van der Waals surface area contributed by atoms with E-state index in [2.05, 4.69) is 36.7 Å². The number of fused-ring (bicyclic) bond motifs is 4. The number of carbonyl (C=O) groups is 1. The number of likely N-dealkylation sites (N-methyl/N-ethyl adjacent to an activating group) is 1. The highest BCUT2D eigenvalue weighted by Gasteiger charge is 2.34. The third kappa shape index (κ3) is 6.06. The van der Waals surface area contributed by atoms with Gasteiger partial charge in [-0.05, 0) is 57.6 Å². The van der Waals surface area contributed by atoms with Crippen LogP contribution in [0.1, 0.15) is 56.2 Å². The lowest BCUT2D eigenvalue weighted by Gasteiger charge is -2.42. The zero-order valence-electron chi connectivity index (χ0n) is 28.4. The van der Waals surface area contributed by atoms with E-state index in [1.165, 1.54) is 6.07 Å². The summed E-state index contributed by atoms with van der Waals surface area (Å²) in [6.45, 7) is 9.29. The predicted octanol–water partition coefficient (Wildman–Crippen LogP) is 6.86. The molecule has 2 N–H and O–H groups in total. The fourth-order valence-electron chi connectivity index (χ4n) is 6.15. The van der Waals surface area contributed by atoms with Crippen LogP contribution in [0.25, 0.3) is 32.1 Å². The number of aromatic nitrogens is 4. The molecule has 0 aliphatic carbocycles. The monoisotopic (exact) mass is 719 g/mol. The zero-order chi connectivity index (χ0) is 35.5. The van der Waals surface area contributed by atoms with Crippen molar-refractivity contribution in [2.75, 3.05) is 42.7 Å². The number of nitrogens with zero attached hydrogens (tertiary/aromatic N) is 7. The van der Waals surface area contributed by atoms with E-state index in [1.54, 1.807) is 26.8 Å². The molecule has 0 saturated carbocycles. The lowest BCUT2D eigenvalue weighted by atomic mass is 9.91. The molecule has 0 radical (unpaired) electrons. The number of halogens is 2. The molecule has 7 rings (SSSR count). The molecule has 50 heavy (non-hydrogen) atoms. The number of benzene rings is 2. The minimum atomic E-state index is -0.773. The van der Waals surface area contributed by atoms with Crippen LogP contribution in [0.5, 0.6) is 0 Å². The second-order valence-electron chi connectivity index (χ2n) is 13.4. The molecule has 260 valence electrons. The van der Waals surface area contributed by atoms with Crippen LogP contribution in [0.2, 0.25) is 5.02 Å². The average Bonchev–Trinajstić information content (AvgIpc) is 3.78. The molecule has 2 aromatic carbocycles. The van der Waals surface area contributed by atoms with Crippen LogP contribution < -0.4 is 15.5 Å². The van der Waals surface area contributed by atoms with Crippen molar-refractivity contribution in [3.63, 3.8) is 0 Å². The molecule has 16 heteroatoms. The Balaban J connectivity index is 1.41. The molecular formula is C34H35ClFN9O4S. The summed E-state index contributed by atoms with van der Waals surface area (Å²) in [5.74, 6) is 1.43. The molecule has 2 aliphatic rings. The summed E-state index contributed by atoms with van der Waals surface area (Å²) in [4.78, 5) is 26.9. The molecule has 5 aromatic rings. The number of aryl methyl sites for hydroxylation is 1. The van der Waals surface area contributed by atoms with Gasteiger partial charge in [0.15, 0.2) is 0 Å². The predicted molar refractivity (Wildman–Crippen MR) is 189 cm³/mol. The van der Waals surface area contributed by atoms with E-state index in [0.717, 1.165) is 35.6 Å². The van der Waals surface area contributed by atoms with Gasteiger partial charge in [-0.15, -0.1) is 21.5 Å². The van der Waals surface area contributed by atoms with Crippen molar-refractivity contribution in [2.24, 2.45) is 0 Å². The van der Waals surface area contributed by atoms with Gasteiger partial charge in [0.2, 0.25) is 17.7 Å². The van der Waals surface area contributed by atoms with Gasteiger partial charge >= 0.3 is 6.09 Å². The Morgan fingerprint density at radius 1 is 1.18 bits per heavy atom. The van der Waals surface area contributed by atoms with Crippen molar-refractivity contribution >= 4 is 66.8 Å². The number of thiophene rings is 1. The van der Waals surface area contributed by atoms with Gasteiger partial charge in [-0.2, -0.15) is 10.2 Å². The summed E-state index contributed by atoms with van der Waals surface area (Å²) < 4.78 is 32.8. The molecule has 5 heterocycles. The van der Waals surface area contributed by atoms with Crippen LogP contribution in [0.3, 0.4) is 0 Å². The maximum absolute atomic E-state index is 15.5.